The first-order valence-corrected chi connectivity index (χ1v) is 8.19. The molecule has 82 valence electrons. The molecule has 0 saturated heterocycles. The van der Waals surface area contributed by atoms with Gasteiger partial charge in [-0.2, -0.15) is 0 Å². The molecule has 0 aromatic rings. The Bertz CT molecular complexity index is 173. The first-order chi connectivity index (χ1) is 5.12. The van der Waals surface area contributed by atoms with Crippen LogP contribution in [0.5, 0.6) is 0 Å². The SMILES string of the molecule is CCP(C)(=O)[O-].CCP(C)(=O)[O-].[Fe+2]. The molecule has 2 atom stereocenters. The van der Waals surface area contributed by atoms with Crippen molar-refractivity contribution in [3.8, 4) is 0 Å². The Hall–Kier alpha value is 0.899. The number of hydrogen-bond donors (Lipinski definition) is 0. The van der Waals surface area contributed by atoms with Gasteiger partial charge in [0.2, 0.25) is 0 Å². The first-order valence-electron chi connectivity index (χ1n) is 3.67. The summed E-state index contributed by atoms with van der Waals surface area (Å²) in [5, 5.41) is 0. The van der Waals surface area contributed by atoms with Crippen LogP contribution in [0.15, 0.2) is 0 Å². The van der Waals surface area contributed by atoms with E-state index in [-0.39, 0.29) is 29.4 Å². The average Bonchev–Trinajstić information content (AvgIpc) is 1.86. The monoisotopic (exact) mass is 270 g/mol. The van der Waals surface area contributed by atoms with Crippen molar-refractivity contribution in [3.05, 3.63) is 0 Å². The molecule has 0 aromatic heterocycles. The van der Waals surface area contributed by atoms with E-state index in [0.717, 1.165) is 0 Å². The molecule has 0 aromatic carbocycles. The van der Waals surface area contributed by atoms with Crippen molar-refractivity contribution in [1.29, 1.82) is 0 Å². The van der Waals surface area contributed by atoms with Gasteiger partial charge in [-0.15, -0.1) is 0 Å². The largest absolute Gasteiger partial charge is 2.00 e. The van der Waals surface area contributed by atoms with Crippen LogP contribution in [0.3, 0.4) is 0 Å². The zero-order chi connectivity index (χ0) is 10.4. The van der Waals surface area contributed by atoms with Crippen LogP contribution in [-0.2, 0) is 26.2 Å². The maximum atomic E-state index is 10.0. The summed E-state index contributed by atoms with van der Waals surface area (Å²) in [7, 11) is -5.79. The molecule has 0 spiro atoms. The van der Waals surface area contributed by atoms with Crippen molar-refractivity contribution in [1.82, 2.24) is 0 Å². The molecule has 0 aliphatic rings. The van der Waals surface area contributed by atoms with Crippen LogP contribution in [-0.4, -0.2) is 25.7 Å². The third kappa shape index (κ3) is 32.2. The van der Waals surface area contributed by atoms with Crippen LogP contribution in [0, 0.1) is 0 Å². The number of hydrogen-bond acceptors (Lipinski definition) is 4. The standard InChI is InChI=1S/2C3H9O2P.Fe/c2*1-3-6(2,4)5;/h2*3H2,1-2H3,(H,4,5);/q;;+2/p-2. The maximum Gasteiger partial charge on any atom is 2.00 e. The number of rotatable bonds is 2. The molecule has 2 unspecified atom stereocenters. The second-order valence-corrected chi connectivity index (χ2v) is 7.98. The molecule has 0 bridgehead atoms. The van der Waals surface area contributed by atoms with E-state index in [4.69, 9.17) is 0 Å². The van der Waals surface area contributed by atoms with Gasteiger partial charge in [-0.1, -0.05) is 13.8 Å². The van der Waals surface area contributed by atoms with Gasteiger partial charge in [-0.3, -0.25) is 0 Å². The molecule has 0 fully saturated rings. The Balaban J connectivity index is -0.000000143. The van der Waals surface area contributed by atoms with Crippen molar-refractivity contribution < 1.29 is 36.0 Å². The fraction of sp³-hybridized carbons (Fsp3) is 1.00. The van der Waals surface area contributed by atoms with Crippen molar-refractivity contribution >= 4 is 14.7 Å². The molecule has 4 nitrogen and oxygen atoms in total. The molecule has 13 heavy (non-hydrogen) atoms. The zero-order valence-electron chi connectivity index (χ0n) is 8.30. The van der Waals surface area contributed by atoms with E-state index < -0.39 is 14.7 Å². The second-order valence-electron chi connectivity index (χ2n) is 2.66. The van der Waals surface area contributed by atoms with Crippen molar-refractivity contribution in [2.24, 2.45) is 0 Å². The van der Waals surface area contributed by atoms with E-state index in [2.05, 4.69) is 0 Å². The summed E-state index contributed by atoms with van der Waals surface area (Å²) in [6, 6.07) is 0. The molecular weight excluding hydrogens is 254 g/mol. The van der Waals surface area contributed by atoms with E-state index in [9.17, 15) is 18.9 Å². The fourth-order valence-electron chi connectivity index (χ4n) is 0. The van der Waals surface area contributed by atoms with Gasteiger partial charge in [0.15, 0.2) is 0 Å². The minimum atomic E-state index is -2.90. The third-order valence-electron chi connectivity index (χ3n) is 1.15. The molecule has 0 aliphatic carbocycles. The molecule has 0 N–H and O–H groups in total. The summed E-state index contributed by atoms with van der Waals surface area (Å²) in [5.74, 6) is 0. The van der Waals surface area contributed by atoms with Crippen LogP contribution >= 0.6 is 14.7 Å². The third-order valence-corrected chi connectivity index (χ3v) is 3.45. The smallest absolute Gasteiger partial charge is 0.799 e. The second kappa shape index (κ2) is 8.23. The zero-order valence-corrected chi connectivity index (χ0v) is 11.2. The fourth-order valence-corrected chi connectivity index (χ4v) is 0. The molecule has 0 heterocycles. The molecule has 7 heteroatoms. The van der Waals surface area contributed by atoms with E-state index in [0.29, 0.717) is 0 Å². The van der Waals surface area contributed by atoms with Crippen LogP contribution in [0.25, 0.3) is 0 Å². The van der Waals surface area contributed by atoms with Gasteiger partial charge < -0.3 is 18.9 Å². The predicted octanol–water partition coefficient (Wildman–Crippen LogP) is 0.546. The van der Waals surface area contributed by atoms with Crippen molar-refractivity contribution in [3.63, 3.8) is 0 Å². The first kappa shape index (κ1) is 19.5. The van der Waals surface area contributed by atoms with E-state index in [1.165, 1.54) is 13.3 Å². The molecule has 0 amide bonds. The molecule has 0 radical (unpaired) electrons. The van der Waals surface area contributed by atoms with Gasteiger partial charge in [0.1, 0.15) is 0 Å². The normalized spacial score (nSPS) is 18.3. The van der Waals surface area contributed by atoms with Crippen LogP contribution in [0.4, 0.5) is 0 Å². The minimum absolute atomic E-state index is 0. The van der Waals surface area contributed by atoms with Gasteiger partial charge >= 0.3 is 17.1 Å². The summed E-state index contributed by atoms with van der Waals surface area (Å²) in [6.45, 7) is 5.75. The predicted molar refractivity (Wildman–Crippen MR) is 48.1 cm³/mol. The van der Waals surface area contributed by atoms with Crippen LogP contribution in [0.1, 0.15) is 13.8 Å². The molecule has 0 aliphatic heterocycles. The minimum Gasteiger partial charge on any atom is -0.799 e. The topological polar surface area (TPSA) is 80.3 Å². The van der Waals surface area contributed by atoms with E-state index in [1.54, 1.807) is 13.8 Å². The quantitative estimate of drug-likeness (QED) is 0.542. The Labute approximate surface area is 90.5 Å². The maximum absolute atomic E-state index is 10.0. The summed E-state index contributed by atoms with van der Waals surface area (Å²) in [6.07, 6.45) is 0.542. The van der Waals surface area contributed by atoms with E-state index in [1.807, 2.05) is 0 Å². The average molecular weight is 270 g/mol. The Morgan fingerprint density at radius 3 is 1.00 bits per heavy atom. The Morgan fingerprint density at radius 2 is 1.00 bits per heavy atom. The van der Waals surface area contributed by atoms with Crippen LogP contribution < -0.4 is 9.79 Å². The van der Waals surface area contributed by atoms with Gasteiger partial charge in [-0.25, -0.2) is 0 Å². The Morgan fingerprint density at radius 1 is 0.923 bits per heavy atom. The molecule has 0 saturated carbocycles. The van der Waals surface area contributed by atoms with Crippen LogP contribution in [0.2, 0.25) is 0 Å². The van der Waals surface area contributed by atoms with Gasteiger partial charge in [0, 0.05) is 14.7 Å². The summed E-state index contributed by atoms with van der Waals surface area (Å²) >= 11 is 0. The summed E-state index contributed by atoms with van der Waals surface area (Å²) in [5.41, 5.74) is 0. The molecule has 0 rings (SSSR count). The van der Waals surface area contributed by atoms with Gasteiger partial charge in [-0.05, 0) is 25.7 Å². The van der Waals surface area contributed by atoms with E-state index >= 15 is 0 Å². The van der Waals surface area contributed by atoms with Crippen molar-refractivity contribution in [2.75, 3.05) is 25.7 Å². The molecular formula is C6H16FeO4P2. The summed E-state index contributed by atoms with van der Waals surface area (Å²) in [4.78, 5) is 20.1. The van der Waals surface area contributed by atoms with Gasteiger partial charge in [0.05, 0.1) is 0 Å². The Kier molecular flexibility index (Phi) is 12.3. The van der Waals surface area contributed by atoms with Crippen molar-refractivity contribution in [2.45, 2.75) is 13.8 Å². The van der Waals surface area contributed by atoms with Gasteiger partial charge in [0.25, 0.3) is 0 Å². The summed E-state index contributed by atoms with van der Waals surface area (Å²) < 4.78 is 20.1.